The molecule has 7 heteroatoms. The number of carbonyl (C=O) groups excluding carboxylic acids is 1. The van der Waals surface area contributed by atoms with Gasteiger partial charge in [0.15, 0.2) is 0 Å². The Hall–Kier alpha value is -2.77. The predicted octanol–water partition coefficient (Wildman–Crippen LogP) is 3.14. The summed E-state index contributed by atoms with van der Waals surface area (Å²) in [5.74, 6) is 0.0753. The van der Waals surface area contributed by atoms with E-state index >= 15 is 0 Å². The van der Waals surface area contributed by atoms with Crippen LogP contribution in [0.15, 0.2) is 54.6 Å². The number of likely N-dealkylation sites (tertiary alicyclic amines) is 1. The molecule has 0 bridgehead atoms. The highest BCUT2D eigenvalue weighted by molar-refractivity contribution is 5.94. The normalized spacial score (nSPS) is 19.0. The van der Waals surface area contributed by atoms with Crippen molar-refractivity contribution >= 4 is 11.6 Å². The van der Waals surface area contributed by atoms with Crippen LogP contribution >= 0.6 is 0 Å². The van der Waals surface area contributed by atoms with E-state index in [2.05, 4.69) is 4.90 Å². The van der Waals surface area contributed by atoms with Crippen molar-refractivity contribution in [3.63, 3.8) is 0 Å². The second-order valence-electron chi connectivity index (χ2n) is 8.14. The topological polar surface area (TPSA) is 75.9 Å². The zero-order chi connectivity index (χ0) is 21.0. The predicted molar refractivity (Wildman–Crippen MR) is 114 cm³/mol. The van der Waals surface area contributed by atoms with Crippen molar-refractivity contribution in [2.75, 3.05) is 39.3 Å². The highest BCUT2D eigenvalue weighted by Crippen LogP contribution is 2.31. The van der Waals surface area contributed by atoms with Crippen molar-refractivity contribution in [2.24, 2.45) is 0 Å². The van der Waals surface area contributed by atoms with Crippen molar-refractivity contribution in [1.29, 1.82) is 0 Å². The Labute approximate surface area is 176 Å². The minimum absolute atomic E-state index is 0.0753. The number of non-ortho nitro benzene ring substituents is 1. The maximum Gasteiger partial charge on any atom is 0.269 e. The number of benzene rings is 2. The average molecular weight is 409 g/mol. The molecule has 2 fully saturated rings. The summed E-state index contributed by atoms with van der Waals surface area (Å²) in [7, 11) is 0. The molecule has 7 nitrogen and oxygen atoms in total. The molecule has 2 aromatic rings. The lowest BCUT2D eigenvalue weighted by atomic mass is 9.89. The van der Waals surface area contributed by atoms with Gasteiger partial charge in [0.2, 0.25) is 0 Å². The Bertz CT molecular complexity index is 894. The number of amides is 1. The summed E-state index contributed by atoms with van der Waals surface area (Å²) in [6.07, 6.45) is 2.56. The minimum Gasteiger partial charge on any atom is -0.371 e. The van der Waals surface area contributed by atoms with Crippen LogP contribution in [0.4, 0.5) is 5.69 Å². The molecule has 0 aliphatic carbocycles. The van der Waals surface area contributed by atoms with Crippen LogP contribution in [0, 0.1) is 10.1 Å². The number of nitrogens with zero attached hydrogens (tertiary/aromatic N) is 3. The molecule has 158 valence electrons. The van der Waals surface area contributed by atoms with E-state index < -0.39 is 0 Å². The fourth-order valence-corrected chi connectivity index (χ4v) is 4.38. The van der Waals surface area contributed by atoms with E-state index in [9.17, 15) is 14.9 Å². The molecule has 4 rings (SSSR count). The van der Waals surface area contributed by atoms with Gasteiger partial charge in [0.25, 0.3) is 11.6 Å². The number of piperidine rings is 1. The molecule has 0 atom stereocenters. The first-order valence-electron chi connectivity index (χ1n) is 10.5. The third-order valence-electron chi connectivity index (χ3n) is 6.16. The summed E-state index contributed by atoms with van der Waals surface area (Å²) in [5.41, 5.74) is 1.59. The molecular formula is C23H27N3O4. The Morgan fingerprint density at radius 2 is 1.83 bits per heavy atom. The van der Waals surface area contributed by atoms with Crippen LogP contribution in [0.3, 0.4) is 0 Å². The largest absolute Gasteiger partial charge is 0.371 e. The van der Waals surface area contributed by atoms with Gasteiger partial charge in [0, 0.05) is 43.9 Å². The molecule has 1 spiro atoms. The van der Waals surface area contributed by atoms with Crippen LogP contribution in [0.2, 0.25) is 0 Å². The lowest BCUT2D eigenvalue weighted by Crippen LogP contribution is -2.58. The van der Waals surface area contributed by atoms with Crippen molar-refractivity contribution in [3.8, 4) is 0 Å². The van der Waals surface area contributed by atoms with E-state index in [-0.39, 0.29) is 22.1 Å². The van der Waals surface area contributed by atoms with Crippen LogP contribution in [0.5, 0.6) is 0 Å². The fraction of sp³-hybridized carbons (Fsp3) is 0.435. The lowest BCUT2D eigenvalue weighted by molar-refractivity contribution is -0.384. The van der Waals surface area contributed by atoms with Gasteiger partial charge in [-0.15, -0.1) is 0 Å². The van der Waals surface area contributed by atoms with Crippen molar-refractivity contribution in [1.82, 2.24) is 9.80 Å². The Morgan fingerprint density at radius 3 is 2.57 bits per heavy atom. The van der Waals surface area contributed by atoms with Crippen LogP contribution < -0.4 is 0 Å². The number of rotatable bonds is 5. The first-order chi connectivity index (χ1) is 14.5. The van der Waals surface area contributed by atoms with Gasteiger partial charge in [-0.05, 0) is 37.0 Å². The highest BCUT2D eigenvalue weighted by atomic mass is 16.6. The van der Waals surface area contributed by atoms with Crippen LogP contribution in [-0.2, 0) is 11.2 Å². The molecule has 2 heterocycles. The third-order valence-corrected chi connectivity index (χ3v) is 6.16. The zero-order valence-electron chi connectivity index (χ0n) is 17.0. The summed E-state index contributed by atoms with van der Waals surface area (Å²) in [4.78, 5) is 27.7. The van der Waals surface area contributed by atoms with Gasteiger partial charge in [-0.1, -0.05) is 30.3 Å². The SMILES string of the molecule is O=C(c1ccccc1)N1CCOC2(CCN(CCc3cccc([N+](=O)[O-])c3)CC2)C1. The first kappa shape index (κ1) is 20.5. The number of hydrogen-bond donors (Lipinski definition) is 0. The Balaban J connectivity index is 1.30. The summed E-state index contributed by atoms with van der Waals surface area (Å²) >= 11 is 0. The van der Waals surface area contributed by atoms with E-state index in [1.807, 2.05) is 41.3 Å². The zero-order valence-corrected chi connectivity index (χ0v) is 17.0. The smallest absolute Gasteiger partial charge is 0.269 e. The summed E-state index contributed by atoms with van der Waals surface area (Å²) in [5, 5.41) is 10.9. The molecule has 0 N–H and O–H groups in total. The standard InChI is InChI=1S/C23H27N3O4/c27-22(20-6-2-1-3-7-20)25-15-16-30-23(18-25)10-13-24(14-11-23)12-9-19-5-4-8-21(17-19)26(28)29/h1-8,17H,9-16,18H2. The van der Waals surface area contributed by atoms with E-state index in [1.165, 1.54) is 6.07 Å². The first-order valence-corrected chi connectivity index (χ1v) is 10.5. The average Bonchev–Trinajstić information content (AvgIpc) is 2.79. The summed E-state index contributed by atoms with van der Waals surface area (Å²) in [6.45, 7) is 4.52. The van der Waals surface area contributed by atoms with Crippen molar-refractivity contribution in [2.45, 2.75) is 24.9 Å². The molecule has 2 aromatic carbocycles. The highest BCUT2D eigenvalue weighted by Gasteiger charge is 2.41. The molecule has 1 amide bonds. The number of carbonyl (C=O) groups is 1. The van der Waals surface area contributed by atoms with E-state index in [1.54, 1.807) is 12.1 Å². The van der Waals surface area contributed by atoms with E-state index in [0.717, 1.165) is 50.0 Å². The van der Waals surface area contributed by atoms with Crippen molar-refractivity contribution in [3.05, 3.63) is 75.8 Å². The molecular weight excluding hydrogens is 382 g/mol. The molecule has 0 radical (unpaired) electrons. The monoisotopic (exact) mass is 409 g/mol. The second kappa shape index (κ2) is 8.93. The van der Waals surface area contributed by atoms with Gasteiger partial charge < -0.3 is 14.5 Å². The van der Waals surface area contributed by atoms with Gasteiger partial charge in [-0.25, -0.2) is 0 Å². The second-order valence-corrected chi connectivity index (χ2v) is 8.14. The van der Waals surface area contributed by atoms with Gasteiger partial charge in [-0.2, -0.15) is 0 Å². The quantitative estimate of drug-likeness (QED) is 0.560. The van der Waals surface area contributed by atoms with Gasteiger partial charge in [-0.3, -0.25) is 14.9 Å². The maximum atomic E-state index is 12.8. The van der Waals surface area contributed by atoms with Gasteiger partial charge in [0.1, 0.15) is 0 Å². The van der Waals surface area contributed by atoms with E-state index in [4.69, 9.17) is 4.74 Å². The summed E-state index contributed by atoms with van der Waals surface area (Å²) in [6, 6.07) is 16.3. The van der Waals surface area contributed by atoms with Crippen molar-refractivity contribution < 1.29 is 14.5 Å². The van der Waals surface area contributed by atoms with Gasteiger partial charge in [0.05, 0.1) is 23.7 Å². The molecule has 2 aliphatic heterocycles. The number of morpholine rings is 1. The van der Waals surface area contributed by atoms with E-state index in [0.29, 0.717) is 19.7 Å². The molecule has 0 unspecified atom stereocenters. The fourth-order valence-electron chi connectivity index (χ4n) is 4.38. The third kappa shape index (κ3) is 4.68. The lowest BCUT2D eigenvalue weighted by Gasteiger charge is -2.47. The molecule has 2 aliphatic rings. The Kier molecular flexibility index (Phi) is 6.11. The van der Waals surface area contributed by atoms with Gasteiger partial charge >= 0.3 is 0 Å². The number of ether oxygens (including phenoxy) is 1. The Morgan fingerprint density at radius 1 is 1.07 bits per heavy atom. The van der Waals surface area contributed by atoms with Crippen LogP contribution in [0.1, 0.15) is 28.8 Å². The molecule has 2 saturated heterocycles. The van der Waals surface area contributed by atoms with Crippen LogP contribution in [-0.4, -0.2) is 65.6 Å². The minimum atomic E-state index is -0.350. The maximum absolute atomic E-state index is 12.8. The number of nitro groups is 1. The molecule has 0 aromatic heterocycles. The molecule has 30 heavy (non-hydrogen) atoms. The summed E-state index contributed by atoms with van der Waals surface area (Å²) < 4.78 is 6.18. The number of hydrogen-bond acceptors (Lipinski definition) is 5. The van der Waals surface area contributed by atoms with Crippen LogP contribution in [0.25, 0.3) is 0 Å². The number of nitro benzene ring substituents is 1. The molecule has 0 saturated carbocycles.